The first-order chi connectivity index (χ1) is 36.2. The number of unbranched alkanes of at least 4 members (excludes halogenated alkanes) is 1. The van der Waals surface area contributed by atoms with Gasteiger partial charge in [0.05, 0.1) is 43.2 Å². The molecule has 4 aromatic carbocycles. The first-order valence-corrected chi connectivity index (χ1v) is 23.8. The maximum absolute atomic E-state index is 12.1. The number of carbonyl (C=O) groups excluding carboxylic acids is 4. The summed E-state index contributed by atoms with van der Waals surface area (Å²) in [6.07, 6.45) is 3.15. The number of benzene rings is 4. The first kappa shape index (κ1) is 58.1. The smallest absolute Gasteiger partial charge is 0.331 e. The van der Waals surface area contributed by atoms with Crippen molar-refractivity contribution in [1.82, 2.24) is 11.0 Å². The second kappa shape index (κ2) is 26.4. The van der Waals surface area contributed by atoms with E-state index in [4.69, 9.17) is 32.9 Å². The zero-order valence-corrected chi connectivity index (χ0v) is 42.6. The molecular weight excluding hydrogens is 1000 g/mol. The maximum Gasteiger partial charge on any atom is 0.331 e. The molecule has 2 heterocycles. The van der Waals surface area contributed by atoms with Crippen LogP contribution in [0.4, 0.5) is 22.7 Å². The Bertz CT molecular complexity index is 3080. The van der Waals surface area contributed by atoms with Gasteiger partial charge in [0, 0.05) is 97.3 Å². The summed E-state index contributed by atoms with van der Waals surface area (Å²) in [7, 11) is 1.49. The Balaban J connectivity index is 0.000000284. The molecule has 0 bridgehead atoms. The van der Waals surface area contributed by atoms with Gasteiger partial charge in [-0.25, -0.2) is 9.59 Å². The second-order valence-electron chi connectivity index (χ2n) is 16.7. The lowest BCUT2D eigenvalue weighted by Gasteiger charge is -2.19. The van der Waals surface area contributed by atoms with Crippen molar-refractivity contribution in [1.29, 1.82) is 0 Å². The van der Waals surface area contributed by atoms with Crippen molar-refractivity contribution in [2.75, 3.05) is 13.7 Å². The number of furan rings is 2. The minimum absolute atomic E-state index is 0.114. The molecule has 0 saturated heterocycles. The number of nitro groups is 4. The van der Waals surface area contributed by atoms with Crippen LogP contribution >= 0.6 is 0 Å². The Labute approximate surface area is 430 Å². The quantitative estimate of drug-likeness (QED) is 0.0246. The van der Waals surface area contributed by atoms with Crippen molar-refractivity contribution in [3.8, 4) is 0 Å². The topological polar surface area (TPSA) is 362 Å². The van der Waals surface area contributed by atoms with Crippen LogP contribution in [0.15, 0.2) is 67.7 Å². The summed E-state index contributed by atoms with van der Waals surface area (Å²) in [6, 6.07) is 10.0. The van der Waals surface area contributed by atoms with Crippen LogP contribution in [0.2, 0.25) is 0 Å². The van der Waals surface area contributed by atoms with Gasteiger partial charge >= 0.3 is 46.6 Å². The van der Waals surface area contributed by atoms with Crippen molar-refractivity contribution >= 4 is 102 Å². The van der Waals surface area contributed by atoms with Gasteiger partial charge in [0.15, 0.2) is 0 Å². The molecule has 2 atom stereocenters. The van der Waals surface area contributed by atoms with Crippen LogP contribution < -0.4 is 11.0 Å². The van der Waals surface area contributed by atoms with Gasteiger partial charge in [-0.1, -0.05) is 57.8 Å². The van der Waals surface area contributed by atoms with Crippen molar-refractivity contribution in [2.24, 2.45) is 10.3 Å². The minimum atomic E-state index is -0.691. The average molecular weight is 1060 g/mol. The summed E-state index contributed by atoms with van der Waals surface area (Å²) in [4.78, 5) is 111. The summed E-state index contributed by atoms with van der Waals surface area (Å²) in [5.74, 6) is -2.35. The third-order valence-electron chi connectivity index (χ3n) is 11.5. The fraction of sp³-hybridized carbons (Fsp3) is 0.388. The molecule has 0 aliphatic heterocycles. The molecule has 0 aliphatic carbocycles. The molecule has 0 radical (unpaired) electrons. The number of non-ortho nitro benzene ring substituents is 4. The summed E-state index contributed by atoms with van der Waals surface area (Å²) in [5.41, 5.74) is 4.94. The molecule has 404 valence electrons. The van der Waals surface area contributed by atoms with Gasteiger partial charge in [-0.15, -0.1) is 11.0 Å². The lowest BCUT2D eigenvalue weighted by Crippen LogP contribution is -2.26. The standard InChI is InChI=1S/C27H34N4O10.C22H20N4O9/c1-5-8-9-20(28-40-24(32)6-2)16-12-18-19-13-17(21(10-11-38-4)29-41-25(33)7-3)15-23(31(36)37)27(19)39-26(18)22(14-16)30(34)35;1-5-17(23-34-11(3)27)13-7-15-16-8-14(18(6-2)24-35-12(4)28)10-20(26(31)32)22(16)33-21(15)19(9-13)25(29)30/h12-15,20-21,28-29H,5-11H2,1-4H3;7-10H,5-6H2,1-4H3/b;23-17+,24-18+. The van der Waals surface area contributed by atoms with Crippen molar-refractivity contribution < 1.29 is 71.8 Å². The number of oxime groups is 2. The van der Waals surface area contributed by atoms with Crippen LogP contribution in [0.25, 0.3) is 43.9 Å². The predicted molar refractivity (Wildman–Crippen MR) is 272 cm³/mol. The fourth-order valence-corrected chi connectivity index (χ4v) is 7.74. The third kappa shape index (κ3) is 13.9. The van der Waals surface area contributed by atoms with E-state index in [1.54, 1.807) is 39.8 Å². The molecule has 0 spiro atoms. The van der Waals surface area contributed by atoms with Gasteiger partial charge in [0.2, 0.25) is 22.3 Å². The van der Waals surface area contributed by atoms with Crippen LogP contribution in [-0.2, 0) is 43.3 Å². The zero-order chi connectivity index (χ0) is 56.0. The van der Waals surface area contributed by atoms with E-state index in [-0.39, 0.29) is 104 Å². The van der Waals surface area contributed by atoms with Gasteiger partial charge in [-0.05, 0) is 61.1 Å². The number of nitrogens with one attached hydrogen (secondary N) is 2. The SMILES string of the molecule is CC/C(=N\OC(C)=O)c1cc([N+](=O)[O-])c2oc3c([N+](=O)[O-])cc(/C(CC)=N/OC(C)=O)cc3c2c1.CCCCC(NOC(=O)CC)c1cc([N+](=O)[O-])c2oc3c([N+](=O)[O-])cc(C(CCOC)NOC(=O)CC)cc3c2c1. The number of hydroxylamine groups is 2. The highest BCUT2D eigenvalue weighted by Gasteiger charge is 2.31. The van der Waals surface area contributed by atoms with E-state index in [2.05, 4.69) is 21.3 Å². The molecule has 0 fully saturated rings. The molecule has 27 nitrogen and oxygen atoms in total. The molecule has 2 N–H and O–H groups in total. The van der Waals surface area contributed by atoms with E-state index in [9.17, 15) is 59.6 Å². The number of fused-ring (bicyclic) bond motifs is 6. The average Bonchev–Trinajstić information content (AvgIpc) is 3.96. The Morgan fingerprint density at radius 3 is 1.21 bits per heavy atom. The number of ether oxygens (including phenoxy) is 1. The fourth-order valence-electron chi connectivity index (χ4n) is 7.74. The summed E-state index contributed by atoms with van der Waals surface area (Å²) in [5, 5.41) is 56.4. The molecule has 2 aromatic heterocycles. The van der Waals surface area contributed by atoms with E-state index in [0.717, 1.165) is 26.7 Å². The molecule has 6 aromatic rings. The van der Waals surface area contributed by atoms with Gasteiger partial charge in [-0.2, -0.15) is 0 Å². The number of nitrogens with zero attached hydrogens (tertiary/aromatic N) is 6. The van der Waals surface area contributed by atoms with Crippen LogP contribution in [0.5, 0.6) is 0 Å². The van der Waals surface area contributed by atoms with Crippen molar-refractivity contribution in [3.05, 3.63) is 111 Å². The summed E-state index contributed by atoms with van der Waals surface area (Å²) in [6.45, 7) is 11.3. The molecule has 76 heavy (non-hydrogen) atoms. The monoisotopic (exact) mass is 1060 g/mol. The Morgan fingerprint density at radius 1 is 0.539 bits per heavy atom. The van der Waals surface area contributed by atoms with E-state index < -0.39 is 72.7 Å². The lowest BCUT2D eigenvalue weighted by molar-refractivity contribution is -0.384. The third-order valence-corrected chi connectivity index (χ3v) is 11.5. The summed E-state index contributed by atoms with van der Waals surface area (Å²) < 4.78 is 16.6. The summed E-state index contributed by atoms with van der Waals surface area (Å²) >= 11 is 0. The van der Waals surface area contributed by atoms with E-state index >= 15 is 0 Å². The molecule has 0 saturated carbocycles. The van der Waals surface area contributed by atoms with E-state index in [1.807, 2.05) is 6.92 Å². The number of nitro benzene ring substituents is 4. The normalized spacial score (nSPS) is 12.5. The number of hydrogen-bond donors (Lipinski definition) is 2. The molecular formula is C49H54N8O19. The van der Waals surface area contributed by atoms with Gasteiger partial charge in [0.25, 0.3) is 0 Å². The predicted octanol–water partition coefficient (Wildman–Crippen LogP) is 10.4. The highest BCUT2D eigenvalue weighted by Crippen LogP contribution is 2.44. The largest absolute Gasteiger partial charge is 0.442 e. The van der Waals surface area contributed by atoms with Crippen LogP contribution in [-0.4, -0.2) is 68.7 Å². The lowest BCUT2D eigenvalue weighted by atomic mass is 9.97. The highest BCUT2D eigenvalue weighted by molar-refractivity contribution is 6.16. The molecule has 2 unspecified atom stereocenters. The maximum atomic E-state index is 12.1. The molecule has 27 heteroatoms. The Hall–Kier alpha value is -8.82. The number of rotatable bonds is 24. The number of hydrogen-bond acceptors (Lipinski definition) is 23. The molecule has 0 amide bonds. The minimum Gasteiger partial charge on any atom is -0.442 e. The van der Waals surface area contributed by atoms with Crippen molar-refractivity contribution in [3.63, 3.8) is 0 Å². The highest BCUT2D eigenvalue weighted by atomic mass is 16.7. The molecule has 0 aliphatic rings. The van der Waals surface area contributed by atoms with Crippen LogP contribution in [0, 0.1) is 40.5 Å². The molecule has 6 rings (SSSR count). The van der Waals surface area contributed by atoms with Gasteiger partial charge in [-0.3, -0.25) is 50.0 Å². The number of carbonyl (C=O) groups is 4. The van der Waals surface area contributed by atoms with Crippen molar-refractivity contribution in [2.45, 2.75) is 112 Å². The van der Waals surface area contributed by atoms with E-state index in [1.165, 1.54) is 43.5 Å². The van der Waals surface area contributed by atoms with Gasteiger partial charge in [0.1, 0.15) is 0 Å². The first-order valence-electron chi connectivity index (χ1n) is 23.8. The number of methoxy groups -OCH3 is 1. The van der Waals surface area contributed by atoms with Crippen LogP contribution in [0.3, 0.4) is 0 Å². The Morgan fingerprint density at radius 2 is 0.895 bits per heavy atom. The Kier molecular flexibility index (Phi) is 20.2. The van der Waals surface area contributed by atoms with Crippen LogP contribution in [0.1, 0.15) is 134 Å². The van der Waals surface area contributed by atoms with E-state index in [0.29, 0.717) is 24.0 Å². The second-order valence-corrected chi connectivity index (χ2v) is 16.7. The zero-order valence-electron chi connectivity index (χ0n) is 42.6. The van der Waals surface area contributed by atoms with Gasteiger partial charge < -0.3 is 32.9 Å².